The van der Waals surface area contributed by atoms with Crippen LogP contribution in [0.3, 0.4) is 0 Å². The monoisotopic (exact) mass is 367 g/mol. The smallest absolute Gasteiger partial charge is 0.182 e. The van der Waals surface area contributed by atoms with Crippen LogP contribution < -0.4 is 0 Å². The summed E-state index contributed by atoms with van der Waals surface area (Å²) in [5.74, 6) is 0. The van der Waals surface area contributed by atoms with Gasteiger partial charge in [0.2, 0.25) is 0 Å². The molecule has 0 amide bonds. The van der Waals surface area contributed by atoms with Crippen LogP contribution in [0.25, 0.3) is 0 Å². The van der Waals surface area contributed by atoms with Crippen molar-refractivity contribution in [2.45, 2.75) is 16.0 Å². The number of benzene rings is 2. The second kappa shape index (κ2) is 6.52. The highest BCUT2D eigenvalue weighted by Crippen LogP contribution is 2.45. The molecule has 0 radical (unpaired) electrons. The Kier molecular flexibility index (Phi) is 5.14. The molecule has 0 aliphatic carbocycles. The maximum atomic E-state index is 13.0. The lowest BCUT2D eigenvalue weighted by molar-refractivity contribution is -0.139. The predicted octanol–water partition coefficient (Wildman–Crippen LogP) is 6.53. The Morgan fingerprint density at radius 1 is 1.05 bits per heavy atom. The lowest BCUT2D eigenvalue weighted by atomic mass is 10.2. The summed E-state index contributed by atoms with van der Waals surface area (Å²) >= 11 is 17.5. The number of hydrogen-bond donors (Lipinski definition) is 0. The van der Waals surface area contributed by atoms with Gasteiger partial charge in [-0.1, -0.05) is 47.1 Å². The summed E-state index contributed by atoms with van der Waals surface area (Å²) in [4.78, 5) is 0.356. The second-order valence-electron chi connectivity index (χ2n) is 3.93. The zero-order valence-corrected chi connectivity index (χ0v) is 13.3. The van der Waals surface area contributed by atoms with Crippen molar-refractivity contribution >= 4 is 53.1 Å². The van der Waals surface area contributed by atoms with E-state index in [0.717, 1.165) is 17.8 Å². The third-order valence-electron chi connectivity index (χ3n) is 2.49. The van der Waals surface area contributed by atoms with E-state index in [1.807, 2.05) is 0 Å². The van der Waals surface area contributed by atoms with Gasteiger partial charge in [-0.2, -0.15) is 17.5 Å². The highest BCUT2D eigenvalue weighted by atomic mass is 35.5. The summed E-state index contributed by atoms with van der Waals surface area (Å²) in [5, 5.41) is 0.404. The lowest BCUT2D eigenvalue weighted by Gasteiger charge is -2.13. The molecule has 2 aromatic carbocycles. The molecular formula is C13H6Cl2F3NS2. The van der Waals surface area contributed by atoms with Gasteiger partial charge >= 0.3 is 6.18 Å². The van der Waals surface area contributed by atoms with Gasteiger partial charge in [0.1, 0.15) is 0 Å². The fourth-order valence-corrected chi connectivity index (χ4v) is 3.38. The molecule has 8 heteroatoms. The molecule has 0 aliphatic rings. The molecule has 0 aromatic heterocycles. The van der Waals surface area contributed by atoms with Crippen LogP contribution in [0.5, 0.6) is 0 Å². The Bertz CT molecular complexity index is 666. The van der Waals surface area contributed by atoms with E-state index in [9.17, 15) is 13.2 Å². The SMILES string of the molecule is FC(F)(F)c1ccccc1Sc1c(Cl)cc(N=S)cc1Cl. The quantitative estimate of drug-likeness (QED) is 0.611. The molecule has 0 heterocycles. The number of rotatable bonds is 3. The Balaban J connectivity index is 2.47. The van der Waals surface area contributed by atoms with Gasteiger partial charge in [0.05, 0.1) is 21.3 Å². The maximum Gasteiger partial charge on any atom is 0.417 e. The minimum absolute atomic E-state index is 0.0249. The molecule has 0 N–H and O–H groups in total. The van der Waals surface area contributed by atoms with Gasteiger partial charge < -0.3 is 0 Å². The molecule has 0 saturated carbocycles. The highest BCUT2D eigenvalue weighted by molar-refractivity contribution is 7.99. The van der Waals surface area contributed by atoms with Crippen LogP contribution >= 0.6 is 35.0 Å². The topological polar surface area (TPSA) is 12.4 Å². The Morgan fingerprint density at radius 2 is 1.62 bits per heavy atom. The molecule has 21 heavy (non-hydrogen) atoms. The highest BCUT2D eigenvalue weighted by Gasteiger charge is 2.33. The van der Waals surface area contributed by atoms with Crippen molar-refractivity contribution < 1.29 is 13.2 Å². The van der Waals surface area contributed by atoms with Crippen LogP contribution in [0.1, 0.15) is 5.56 Å². The van der Waals surface area contributed by atoms with E-state index in [0.29, 0.717) is 10.6 Å². The molecule has 2 rings (SSSR count). The molecule has 1 nitrogen and oxygen atoms in total. The standard InChI is InChI=1S/C13H6Cl2F3NS2/c14-9-5-7(19-20)6-10(15)12(9)21-11-4-2-1-3-8(11)13(16,17)18/h1-6H. The van der Waals surface area contributed by atoms with E-state index in [1.165, 1.54) is 30.3 Å². The average Bonchev–Trinajstić information content (AvgIpc) is 2.42. The molecule has 0 atom stereocenters. The van der Waals surface area contributed by atoms with Crippen molar-refractivity contribution in [1.82, 2.24) is 0 Å². The van der Waals surface area contributed by atoms with Crippen molar-refractivity contribution in [3.63, 3.8) is 0 Å². The van der Waals surface area contributed by atoms with Crippen LogP contribution in [-0.4, -0.2) is 0 Å². The van der Waals surface area contributed by atoms with Crippen LogP contribution in [0.4, 0.5) is 18.9 Å². The van der Waals surface area contributed by atoms with E-state index < -0.39 is 11.7 Å². The largest absolute Gasteiger partial charge is 0.417 e. The fraction of sp³-hybridized carbons (Fsp3) is 0.0769. The molecule has 0 aliphatic heterocycles. The van der Waals surface area contributed by atoms with Gasteiger partial charge in [0.25, 0.3) is 0 Å². The van der Waals surface area contributed by atoms with Crippen molar-refractivity contribution in [2.75, 3.05) is 0 Å². The van der Waals surface area contributed by atoms with Crippen LogP contribution in [0, 0.1) is 0 Å². The zero-order valence-electron chi connectivity index (χ0n) is 10.1. The van der Waals surface area contributed by atoms with E-state index in [4.69, 9.17) is 23.2 Å². The Hall–Kier alpha value is -0.820. The molecule has 0 unspecified atom stereocenters. The first-order chi connectivity index (χ1) is 9.82. The van der Waals surface area contributed by atoms with Crippen molar-refractivity contribution in [2.24, 2.45) is 4.36 Å². The van der Waals surface area contributed by atoms with Gasteiger partial charge in [0, 0.05) is 22.2 Å². The van der Waals surface area contributed by atoms with Gasteiger partial charge in [-0.3, -0.25) is 0 Å². The van der Waals surface area contributed by atoms with Gasteiger partial charge in [-0.15, -0.1) is 0 Å². The molecule has 0 bridgehead atoms. The van der Waals surface area contributed by atoms with Crippen molar-refractivity contribution in [1.29, 1.82) is 0 Å². The van der Waals surface area contributed by atoms with Crippen LogP contribution in [0.2, 0.25) is 10.0 Å². The van der Waals surface area contributed by atoms with Crippen LogP contribution in [-0.2, 0) is 18.6 Å². The van der Waals surface area contributed by atoms with E-state index in [2.05, 4.69) is 16.8 Å². The zero-order chi connectivity index (χ0) is 15.6. The van der Waals surface area contributed by atoms with E-state index in [-0.39, 0.29) is 14.9 Å². The first-order valence-corrected chi connectivity index (χ1v) is 7.43. The predicted molar refractivity (Wildman–Crippen MR) is 81.5 cm³/mol. The summed E-state index contributed by atoms with van der Waals surface area (Å²) in [6, 6.07) is 8.14. The van der Waals surface area contributed by atoms with E-state index in [1.54, 1.807) is 0 Å². The van der Waals surface area contributed by atoms with Gasteiger partial charge in [-0.25, -0.2) is 0 Å². The number of halogens is 5. The number of hydrogen-bond acceptors (Lipinski definition) is 3. The molecule has 0 saturated heterocycles. The van der Waals surface area contributed by atoms with Crippen LogP contribution in [0.15, 0.2) is 50.6 Å². The number of nitrogens with zero attached hydrogens (tertiary/aromatic N) is 1. The summed E-state index contributed by atoms with van der Waals surface area (Å²) in [7, 11) is 0. The summed E-state index contributed by atoms with van der Waals surface area (Å²) in [6.45, 7) is 0. The van der Waals surface area contributed by atoms with Crippen molar-refractivity contribution in [3.8, 4) is 0 Å². The molecule has 110 valence electrons. The van der Waals surface area contributed by atoms with Gasteiger partial charge in [-0.05, 0) is 24.3 Å². The lowest BCUT2D eigenvalue weighted by Crippen LogP contribution is -2.06. The number of alkyl halides is 3. The maximum absolute atomic E-state index is 13.0. The third kappa shape index (κ3) is 3.88. The van der Waals surface area contributed by atoms with Crippen molar-refractivity contribution in [3.05, 3.63) is 52.0 Å². The molecule has 0 fully saturated rings. The molecule has 2 aromatic rings. The van der Waals surface area contributed by atoms with Gasteiger partial charge in [0.15, 0.2) is 0 Å². The van der Waals surface area contributed by atoms with E-state index >= 15 is 0 Å². The summed E-state index contributed by atoms with van der Waals surface area (Å²) in [5.41, 5.74) is -0.354. The Morgan fingerprint density at radius 3 is 2.14 bits per heavy atom. The first-order valence-electron chi connectivity index (χ1n) is 5.49. The molecule has 0 spiro atoms. The minimum Gasteiger partial charge on any atom is -0.182 e. The third-order valence-corrected chi connectivity index (χ3v) is 4.74. The fourth-order valence-electron chi connectivity index (χ4n) is 1.60. The summed E-state index contributed by atoms with van der Waals surface area (Å²) < 4.78 is 42.4. The minimum atomic E-state index is -4.45. The summed E-state index contributed by atoms with van der Waals surface area (Å²) in [6.07, 6.45) is -4.45. The first kappa shape index (κ1) is 16.5. The normalized spacial score (nSPS) is 11.5. The molecular weight excluding hydrogens is 362 g/mol. The average molecular weight is 368 g/mol. The second-order valence-corrected chi connectivity index (χ2v) is 5.97. The Labute approximate surface area is 138 Å².